The van der Waals surface area contributed by atoms with Gasteiger partial charge in [0.05, 0.1) is 21.6 Å². The van der Waals surface area contributed by atoms with Crippen molar-refractivity contribution < 1.29 is 18.0 Å². The van der Waals surface area contributed by atoms with Crippen LogP contribution < -0.4 is 10.6 Å². The first kappa shape index (κ1) is 20.4. The molecule has 2 aromatic rings. The van der Waals surface area contributed by atoms with E-state index in [0.717, 1.165) is 16.0 Å². The molecule has 1 unspecified atom stereocenters. The Balaban J connectivity index is 1.64. The Labute approximate surface area is 169 Å². The fourth-order valence-corrected chi connectivity index (χ4v) is 4.98. The van der Waals surface area contributed by atoms with Crippen molar-refractivity contribution in [2.24, 2.45) is 0 Å². The number of hydrogen-bond acceptors (Lipinski definition) is 5. The summed E-state index contributed by atoms with van der Waals surface area (Å²) in [4.78, 5) is 24.7. The zero-order valence-corrected chi connectivity index (χ0v) is 17.3. The topological polar surface area (TPSA) is 92.3 Å². The van der Waals surface area contributed by atoms with E-state index < -0.39 is 15.1 Å². The molecule has 6 nitrogen and oxygen atoms in total. The van der Waals surface area contributed by atoms with Gasteiger partial charge in [0.1, 0.15) is 0 Å². The monoisotopic (exact) mass is 418 g/mol. The lowest BCUT2D eigenvalue weighted by atomic mass is 10.1. The molecule has 28 heavy (non-hydrogen) atoms. The summed E-state index contributed by atoms with van der Waals surface area (Å²) in [7, 11) is -3.69. The molecule has 3 rings (SSSR count). The Kier molecular flexibility index (Phi) is 6.10. The van der Waals surface area contributed by atoms with Crippen LogP contribution in [0, 0.1) is 6.92 Å². The van der Waals surface area contributed by atoms with Crippen LogP contribution in [0.25, 0.3) is 0 Å². The van der Waals surface area contributed by atoms with Crippen LogP contribution in [0.2, 0.25) is 0 Å². The van der Waals surface area contributed by atoms with Gasteiger partial charge >= 0.3 is 0 Å². The Morgan fingerprint density at radius 3 is 2.64 bits per heavy atom. The van der Waals surface area contributed by atoms with Gasteiger partial charge in [0.15, 0.2) is 9.84 Å². The number of carbonyl (C=O) groups excluding carboxylic acids is 2. The van der Waals surface area contributed by atoms with Gasteiger partial charge < -0.3 is 10.6 Å². The van der Waals surface area contributed by atoms with Gasteiger partial charge in [-0.2, -0.15) is 0 Å². The Bertz CT molecular complexity index is 1000. The minimum Gasteiger partial charge on any atom is -0.352 e. The lowest BCUT2D eigenvalue weighted by Crippen LogP contribution is -2.30. The van der Waals surface area contributed by atoms with E-state index >= 15 is 0 Å². The second-order valence-corrected chi connectivity index (χ2v) is 10.2. The smallest absolute Gasteiger partial charge is 0.234 e. The van der Waals surface area contributed by atoms with Crippen LogP contribution in [0.15, 0.2) is 52.3 Å². The molecule has 0 saturated carbocycles. The van der Waals surface area contributed by atoms with E-state index in [4.69, 9.17) is 0 Å². The summed E-state index contributed by atoms with van der Waals surface area (Å²) in [5, 5.41) is 4.58. The van der Waals surface area contributed by atoms with Crippen LogP contribution in [-0.4, -0.2) is 31.2 Å². The molecule has 0 bridgehead atoms. The first-order valence-electron chi connectivity index (χ1n) is 8.88. The predicted octanol–water partition coefficient (Wildman–Crippen LogP) is 2.91. The van der Waals surface area contributed by atoms with Crippen molar-refractivity contribution in [1.29, 1.82) is 0 Å². The molecular weight excluding hydrogens is 396 g/mol. The van der Waals surface area contributed by atoms with Gasteiger partial charge in [-0.15, -0.1) is 11.8 Å². The molecule has 2 amide bonds. The number of amides is 2. The van der Waals surface area contributed by atoms with Gasteiger partial charge in [0.2, 0.25) is 11.8 Å². The Morgan fingerprint density at radius 2 is 1.93 bits per heavy atom. The molecular formula is C20H22N2O4S2. The van der Waals surface area contributed by atoms with Crippen molar-refractivity contribution in [1.82, 2.24) is 5.32 Å². The fraction of sp³-hybridized carbons (Fsp3) is 0.300. The number of nitrogens with one attached hydrogen (secondary N) is 2. The number of rotatable bonds is 6. The van der Waals surface area contributed by atoms with Gasteiger partial charge in [-0.05, 0) is 37.6 Å². The zero-order valence-electron chi connectivity index (χ0n) is 15.7. The molecule has 0 aromatic heterocycles. The van der Waals surface area contributed by atoms with Gasteiger partial charge in [0, 0.05) is 17.9 Å². The van der Waals surface area contributed by atoms with Crippen molar-refractivity contribution in [2.45, 2.75) is 41.9 Å². The fourth-order valence-electron chi connectivity index (χ4n) is 2.82. The predicted molar refractivity (Wildman–Crippen MR) is 110 cm³/mol. The van der Waals surface area contributed by atoms with Crippen molar-refractivity contribution in [2.75, 3.05) is 11.1 Å². The van der Waals surface area contributed by atoms with Gasteiger partial charge in [-0.3, -0.25) is 9.59 Å². The molecule has 2 aromatic carbocycles. The molecule has 1 heterocycles. The van der Waals surface area contributed by atoms with Crippen molar-refractivity contribution >= 4 is 39.1 Å². The van der Waals surface area contributed by atoms with E-state index in [0.29, 0.717) is 18.0 Å². The first-order chi connectivity index (χ1) is 13.3. The minimum absolute atomic E-state index is 0.105. The largest absolute Gasteiger partial charge is 0.352 e. The van der Waals surface area contributed by atoms with Gasteiger partial charge in [0.25, 0.3) is 0 Å². The number of anilines is 1. The minimum atomic E-state index is -3.69. The molecule has 8 heteroatoms. The summed E-state index contributed by atoms with van der Waals surface area (Å²) in [6.45, 7) is 3.86. The van der Waals surface area contributed by atoms with Crippen LogP contribution in [0.5, 0.6) is 0 Å². The quantitative estimate of drug-likeness (QED) is 0.753. The number of aryl methyl sites for hydroxylation is 1. The maximum atomic E-state index is 12.8. The maximum absolute atomic E-state index is 12.8. The molecule has 0 aliphatic carbocycles. The summed E-state index contributed by atoms with van der Waals surface area (Å²) in [5.41, 5.74) is 2.59. The second-order valence-electron chi connectivity index (χ2n) is 6.82. The highest BCUT2D eigenvalue weighted by molar-refractivity contribution is 8.00. The van der Waals surface area contributed by atoms with E-state index in [-0.39, 0.29) is 23.1 Å². The van der Waals surface area contributed by atoms with E-state index in [1.54, 1.807) is 6.07 Å². The van der Waals surface area contributed by atoms with Crippen molar-refractivity contribution in [3.8, 4) is 0 Å². The molecule has 1 aliphatic rings. The van der Waals surface area contributed by atoms with Crippen molar-refractivity contribution in [3.05, 3.63) is 53.6 Å². The van der Waals surface area contributed by atoms with E-state index in [9.17, 15) is 18.0 Å². The van der Waals surface area contributed by atoms with E-state index in [2.05, 4.69) is 10.6 Å². The number of sulfone groups is 1. The molecule has 0 saturated heterocycles. The van der Waals surface area contributed by atoms with Crippen LogP contribution in [-0.2, 0) is 26.0 Å². The van der Waals surface area contributed by atoms with Gasteiger partial charge in [-0.25, -0.2) is 8.42 Å². The molecule has 0 spiro atoms. The summed E-state index contributed by atoms with van der Waals surface area (Å²) in [6, 6.07) is 12.5. The lowest BCUT2D eigenvalue weighted by molar-refractivity contribution is -0.121. The molecule has 2 N–H and O–H groups in total. The van der Waals surface area contributed by atoms with Crippen LogP contribution >= 0.6 is 11.8 Å². The number of benzene rings is 2. The van der Waals surface area contributed by atoms with Crippen LogP contribution in [0.3, 0.4) is 0 Å². The standard InChI is InChI=1S/C20H22N2O4S2/c1-13-3-5-15(6-4-13)11-21-19(23)9-14(2)28(25,26)16-7-8-18-17(10-16)22-20(24)12-27-18/h3-8,10,14H,9,11-12H2,1-2H3,(H,21,23)(H,22,24). The average molecular weight is 419 g/mol. The summed E-state index contributed by atoms with van der Waals surface area (Å²) in [5.74, 6) is -0.162. The third-order valence-electron chi connectivity index (χ3n) is 4.53. The normalized spacial score (nSPS) is 14.7. The summed E-state index contributed by atoms with van der Waals surface area (Å²) < 4.78 is 25.7. The van der Waals surface area contributed by atoms with Crippen molar-refractivity contribution in [3.63, 3.8) is 0 Å². The van der Waals surface area contributed by atoms with E-state index in [1.165, 1.54) is 30.8 Å². The Hall–Kier alpha value is -2.32. The molecule has 148 valence electrons. The highest BCUT2D eigenvalue weighted by atomic mass is 32.2. The highest BCUT2D eigenvalue weighted by Gasteiger charge is 2.27. The van der Waals surface area contributed by atoms with Gasteiger partial charge in [-0.1, -0.05) is 29.8 Å². The molecule has 0 radical (unpaired) electrons. The third kappa shape index (κ3) is 4.74. The average Bonchev–Trinajstić information content (AvgIpc) is 2.66. The first-order valence-corrected chi connectivity index (χ1v) is 11.4. The number of hydrogen-bond donors (Lipinski definition) is 2. The van der Waals surface area contributed by atoms with Crippen LogP contribution in [0.1, 0.15) is 24.5 Å². The lowest BCUT2D eigenvalue weighted by Gasteiger charge is -2.18. The molecule has 1 aliphatic heterocycles. The number of carbonyl (C=O) groups is 2. The summed E-state index contributed by atoms with van der Waals surface area (Å²) >= 11 is 1.37. The zero-order chi connectivity index (χ0) is 20.3. The maximum Gasteiger partial charge on any atom is 0.234 e. The molecule has 1 atom stereocenters. The number of thioether (sulfide) groups is 1. The third-order valence-corrected chi connectivity index (χ3v) is 7.74. The summed E-state index contributed by atoms with van der Waals surface area (Å²) in [6.07, 6.45) is -0.133. The Morgan fingerprint density at radius 1 is 1.21 bits per heavy atom. The SMILES string of the molecule is Cc1ccc(CNC(=O)CC(C)S(=O)(=O)c2ccc3c(c2)NC(=O)CS3)cc1. The second kappa shape index (κ2) is 8.36. The molecule has 0 fully saturated rings. The number of fused-ring (bicyclic) bond motifs is 1. The van der Waals surface area contributed by atoms with Crippen LogP contribution in [0.4, 0.5) is 5.69 Å². The van der Waals surface area contributed by atoms with E-state index in [1.807, 2.05) is 31.2 Å². The highest BCUT2D eigenvalue weighted by Crippen LogP contribution is 2.34.